The van der Waals surface area contributed by atoms with Crippen molar-refractivity contribution in [1.82, 2.24) is 0 Å². The van der Waals surface area contributed by atoms with Crippen molar-refractivity contribution in [2.75, 3.05) is 0 Å². The smallest absolute Gasteiger partial charge is 0.297 e. The molecule has 4 aromatic carbocycles. The zero-order valence-electron chi connectivity index (χ0n) is 23.8. The molecule has 5 rings (SSSR count). The van der Waals surface area contributed by atoms with Crippen LogP contribution in [0.5, 0.6) is 0 Å². The van der Waals surface area contributed by atoms with E-state index in [0.717, 1.165) is 22.3 Å². The highest BCUT2D eigenvalue weighted by Crippen LogP contribution is 2.34. The Labute approximate surface area is 252 Å². The fraction of sp³-hybridized carbons (Fsp3) is 0.294. The molecule has 1 aliphatic carbocycles. The minimum Gasteiger partial charge on any atom is -0.387 e. The molecule has 0 heterocycles. The minimum atomic E-state index is -4.35. The van der Waals surface area contributed by atoms with Crippen molar-refractivity contribution >= 4 is 10.1 Å². The fourth-order valence-corrected chi connectivity index (χ4v) is 6.14. The highest BCUT2D eigenvalue weighted by molar-refractivity contribution is 7.86. The number of rotatable bonds is 12. The maximum atomic E-state index is 13.5. The van der Waals surface area contributed by atoms with E-state index in [2.05, 4.69) is 0 Å². The summed E-state index contributed by atoms with van der Waals surface area (Å²) in [7, 11) is -4.35. The summed E-state index contributed by atoms with van der Waals surface area (Å²) in [5.74, 6) is 0. The molecule has 1 saturated carbocycles. The molecule has 2 N–H and O–H groups in total. The van der Waals surface area contributed by atoms with Crippen LogP contribution < -0.4 is 0 Å². The predicted molar refractivity (Wildman–Crippen MR) is 160 cm³/mol. The standard InChI is InChI=1S/C34H36O8S/c1-24-17-19-28(20-18-24)43(37,38)42-34-32(40-22-26-13-7-3-8-14-26)29(35)31(39-21-25-11-5-2-6-12-25)30(36)33(34)41-23-27-15-9-4-10-16-27/h2-20,29-36H,21-23H2,1H3/t29-,30+,31?,32-,33-,34?/m1/s1. The lowest BCUT2D eigenvalue weighted by Crippen LogP contribution is -2.66. The zero-order chi connectivity index (χ0) is 30.2. The van der Waals surface area contributed by atoms with Crippen LogP contribution in [0.2, 0.25) is 0 Å². The first-order valence-electron chi connectivity index (χ1n) is 14.1. The zero-order valence-corrected chi connectivity index (χ0v) is 24.6. The lowest BCUT2D eigenvalue weighted by molar-refractivity contribution is -0.255. The number of benzene rings is 4. The highest BCUT2D eigenvalue weighted by Gasteiger charge is 2.54. The summed E-state index contributed by atoms with van der Waals surface area (Å²) in [6, 6.07) is 34.2. The third kappa shape index (κ3) is 7.95. The van der Waals surface area contributed by atoms with Crippen molar-refractivity contribution in [2.24, 2.45) is 0 Å². The van der Waals surface area contributed by atoms with E-state index in [1.807, 2.05) is 97.9 Å². The summed E-state index contributed by atoms with van der Waals surface area (Å²) < 4.78 is 51.3. The lowest BCUT2D eigenvalue weighted by Gasteiger charge is -2.46. The van der Waals surface area contributed by atoms with Gasteiger partial charge in [-0.25, -0.2) is 0 Å². The molecule has 0 aliphatic heterocycles. The maximum Gasteiger partial charge on any atom is 0.297 e. The normalized spacial score (nSPS) is 24.1. The van der Waals surface area contributed by atoms with Crippen molar-refractivity contribution in [3.63, 3.8) is 0 Å². The molecule has 0 radical (unpaired) electrons. The third-order valence-electron chi connectivity index (χ3n) is 7.40. The van der Waals surface area contributed by atoms with Gasteiger partial charge >= 0.3 is 0 Å². The fourth-order valence-electron chi connectivity index (χ4n) is 5.05. The molecule has 6 atom stereocenters. The van der Waals surface area contributed by atoms with Gasteiger partial charge in [-0.15, -0.1) is 0 Å². The first-order valence-corrected chi connectivity index (χ1v) is 15.6. The van der Waals surface area contributed by atoms with Gasteiger partial charge in [-0.2, -0.15) is 8.42 Å². The number of hydrogen-bond acceptors (Lipinski definition) is 8. The second-order valence-electron chi connectivity index (χ2n) is 10.6. The Kier molecular flexibility index (Phi) is 10.4. The Hall–Kier alpha value is -3.41. The van der Waals surface area contributed by atoms with E-state index in [1.54, 1.807) is 12.1 Å². The van der Waals surface area contributed by atoms with Gasteiger partial charge in [-0.3, -0.25) is 4.18 Å². The van der Waals surface area contributed by atoms with Crippen molar-refractivity contribution in [3.05, 3.63) is 138 Å². The molecule has 226 valence electrons. The Morgan fingerprint density at radius 2 is 0.907 bits per heavy atom. The van der Waals surface area contributed by atoms with E-state index < -0.39 is 46.7 Å². The average Bonchev–Trinajstić information content (AvgIpc) is 3.02. The van der Waals surface area contributed by atoms with Gasteiger partial charge in [0.2, 0.25) is 0 Å². The van der Waals surface area contributed by atoms with E-state index >= 15 is 0 Å². The summed E-state index contributed by atoms with van der Waals surface area (Å²) in [5.41, 5.74) is 3.34. The first kappa shape index (κ1) is 31.0. The van der Waals surface area contributed by atoms with E-state index in [1.165, 1.54) is 12.1 Å². The summed E-state index contributed by atoms with van der Waals surface area (Å²) in [5, 5.41) is 23.2. The third-order valence-corrected chi connectivity index (χ3v) is 8.72. The van der Waals surface area contributed by atoms with Crippen molar-refractivity contribution in [2.45, 2.75) is 68.3 Å². The quantitative estimate of drug-likeness (QED) is 0.227. The van der Waals surface area contributed by atoms with Crippen LogP contribution in [0.15, 0.2) is 120 Å². The first-order chi connectivity index (χ1) is 20.8. The van der Waals surface area contributed by atoms with Crippen molar-refractivity contribution in [3.8, 4) is 0 Å². The van der Waals surface area contributed by atoms with Gasteiger partial charge in [-0.05, 0) is 35.7 Å². The van der Waals surface area contributed by atoms with Crippen LogP contribution >= 0.6 is 0 Å². The number of aryl methyl sites for hydroxylation is 1. The molecule has 1 aliphatic rings. The number of aliphatic hydroxyl groups is 2. The van der Waals surface area contributed by atoms with Crippen LogP contribution in [-0.4, -0.2) is 55.3 Å². The summed E-state index contributed by atoms with van der Waals surface area (Å²) in [4.78, 5) is -0.0619. The molecule has 0 aromatic heterocycles. The van der Waals surface area contributed by atoms with Gasteiger partial charge in [0.15, 0.2) is 0 Å². The van der Waals surface area contributed by atoms with Crippen LogP contribution in [-0.2, 0) is 48.3 Å². The molecular weight excluding hydrogens is 568 g/mol. The summed E-state index contributed by atoms with van der Waals surface area (Å²) in [6.07, 6.45) is -7.92. The molecule has 4 aromatic rings. The van der Waals surface area contributed by atoms with Gasteiger partial charge in [0.25, 0.3) is 10.1 Å². The van der Waals surface area contributed by atoms with E-state index in [9.17, 15) is 18.6 Å². The van der Waals surface area contributed by atoms with Crippen LogP contribution in [0.25, 0.3) is 0 Å². The predicted octanol–water partition coefficient (Wildman–Crippen LogP) is 4.56. The van der Waals surface area contributed by atoms with Gasteiger partial charge < -0.3 is 24.4 Å². The SMILES string of the molecule is Cc1ccc(S(=O)(=O)OC2[C@H](OCc3ccccc3)[C@H](O)C(OCc3ccccc3)[C@H](O)[C@H]2OCc2ccccc2)cc1. The van der Waals surface area contributed by atoms with Gasteiger partial charge in [0, 0.05) is 0 Å². The number of ether oxygens (including phenoxy) is 3. The molecule has 2 unspecified atom stereocenters. The molecule has 8 nitrogen and oxygen atoms in total. The molecule has 0 amide bonds. The van der Waals surface area contributed by atoms with Crippen molar-refractivity contribution in [1.29, 1.82) is 0 Å². The van der Waals surface area contributed by atoms with Crippen LogP contribution in [0.3, 0.4) is 0 Å². The summed E-state index contributed by atoms with van der Waals surface area (Å²) >= 11 is 0. The Morgan fingerprint density at radius 3 is 1.30 bits per heavy atom. The van der Waals surface area contributed by atoms with Gasteiger partial charge in [0.05, 0.1) is 24.7 Å². The minimum absolute atomic E-state index is 0.0555. The van der Waals surface area contributed by atoms with Gasteiger partial charge in [0.1, 0.15) is 36.6 Å². The Bertz CT molecular complexity index is 1460. The molecule has 9 heteroatoms. The van der Waals surface area contributed by atoms with E-state index in [-0.39, 0.29) is 24.7 Å². The second kappa shape index (κ2) is 14.4. The Morgan fingerprint density at radius 1 is 0.535 bits per heavy atom. The van der Waals surface area contributed by atoms with E-state index in [4.69, 9.17) is 18.4 Å². The Balaban J connectivity index is 1.48. The molecule has 43 heavy (non-hydrogen) atoms. The molecule has 1 fully saturated rings. The van der Waals surface area contributed by atoms with E-state index in [0.29, 0.717) is 0 Å². The van der Waals surface area contributed by atoms with Crippen LogP contribution in [0.1, 0.15) is 22.3 Å². The number of hydrogen-bond donors (Lipinski definition) is 2. The molecule has 0 bridgehead atoms. The summed E-state index contributed by atoms with van der Waals surface area (Å²) in [6.45, 7) is 2.06. The second-order valence-corrected chi connectivity index (χ2v) is 12.2. The van der Waals surface area contributed by atoms with Gasteiger partial charge in [-0.1, -0.05) is 109 Å². The molecule has 0 saturated heterocycles. The lowest BCUT2D eigenvalue weighted by atomic mass is 9.84. The molecule has 0 spiro atoms. The topological polar surface area (TPSA) is 112 Å². The molecular formula is C34H36O8S. The van der Waals surface area contributed by atoms with Crippen LogP contribution in [0.4, 0.5) is 0 Å². The monoisotopic (exact) mass is 604 g/mol. The largest absolute Gasteiger partial charge is 0.387 e. The average molecular weight is 605 g/mol. The maximum absolute atomic E-state index is 13.5. The van der Waals surface area contributed by atoms with Crippen molar-refractivity contribution < 1.29 is 37.0 Å². The van der Waals surface area contributed by atoms with Crippen LogP contribution in [0, 0.1) is 6.92 Å². The highest BCUT2D eigenvalue weighted by atomic mass is 32.2. The number of aliphatic hydroxyl groups excluding tert-OH is 2.